The van der Waals surface area contributed by atoms with E-state index in [1.165, 1.54) is 19.1 Å². The van der Waals surface area contributed by atoms with E-state index in [0.29, 0.717) is 12.8 Å². The second kappa shape index (κ2) is 10.0. The number of nitrogens with one attached hydrogen (secondary N) is 2. The van der Waals surface area contributed by atoms with E-state index in [4.69, 9.17) is 11.5 Å². The topological polar surface area (TPSA) is 165 Å². The van der Waals surface area contributed by atoms with Gasteiger partial charge < -0.3 is 27.2 Å². The van der Waals surface area contributed by atoms with Crippen LogP contribution < -0.4 is 22.1 Å². The molecule has 9 heteroatoms. The molecule has 0 spiro atoms. The summed E-state index contributed by atoms with van der Waals surface area (Å²) >= 11 is 0. The first kappa shape index (κ1) is 22.4. The quantitative estimate of drug-likeness (QED) is 0.367. The molecule has 0 saturated heterocycles. The molecule has 1 fully saturated rings. The first-order chi connectivity index (χ1) is 13.7. The summed E-state index contributed by atoms with van der Waals surface area (Å²) in [7, 11) is 0. The summed E-state index contributed by atoms with van der Waals surface area (Å²) in [6, 6.07) is 4.57. The Morgan fingerprint density at radius 1 is 1.10 bits per heavy atom. The Kier molecular flexibility index (Phi) is 7.72. The molecule has 0 aliphatic heterocycles. The van der Waals surface area contributed by atoms with Crippen molar-refractivity contribution < 1.29 is 24.3 Å². The number of primary amides is 1. The highest BCUT2D eigenvalue weighted by Crippen LogP contribution is 2.31. The van der Waals surface area contributed by atoms with Gasteiger partial charge in [0, 0.05) is 11.8 Å². The molecule has 158 valence electrons. The van der Waals surface area contributed by atoms with Crippen molar-refractivity contribution in [2.24, 2.45) is 23.3 Å². The predicted molar refractivity (Wildman–Crippen MR) is 105 cm³/mol. The van der Waals surface area contributed by atoms with Gasteiger partial charge in [0.2, 0.25) is 17.7 Å². The van der Waals surface area contributed by atoms with Crippen molar-refractivity contribution in [1.29, 1.82) is 0 Å². The van der Waals surface area contributed by atoms with Crippen LogP contribution in [0.25, 0.3) is 0 Å². The average Bonchev–Trinajstić information content (AvgIpc) is 3.17. The fourth-order valence-corrected chi connectivity index (χ4v) is 3.51. The van der Waals surface area contributed by atoms with Crippen LogP contribution in [0.15, 0.2) is 24.3 Å². The number of carbonyl (C=O) groups excluding carboxylic acids is 4. The van der Waals surface area contributed by atoms with E-state index < -0.39 is 41.6 Å². The molecule has 1 unspecified atom stereocenters. The van der Waals surface area contributed by atoms with E-state index >= 15 is 0 Å². The molecule has 7 N–H and O–H groups in total. The molecule has 0 radical (unpaired) electrons. The van der Waals surface area contributed by atoms with Gasteiger partial charge in [-0.25, -0.2) is 0 Å². The Hall–Kier alpha value is -2.94. The van der Waals surface area contributed by atoms with Gasteiger partial charge in [-0.1, -0.05) is 18.6 Å². The summed E-state index contributed by atoms with van der Waals surface area (Å²) in [5, 5.41) is 14.3. The first-order valence-corrected chi connectivity index (χ1v) is 9.62. The number of Topliss-reactive ketones (excluding diaryl/α,β-unsaturated/α-hetero) is 1. The molecule has 0 bridgehead atoms. The summed E-state index contributed by atoms with van der Waals surface area (Å²) < 4.78 is 0. The van der Waals surface area contributed by atoms with Gasteiger partial charge in [0.05, 0.1) is 12.6 Å². The van der Waals surface area contributed by atoms with Crippen LogP contribution in [0.2, 0.25) is 0 Å². The number of amides is 3. The Morgan fingerprint density at radius 3 is 2.34 bits per heavy atom. The Bertz CT molecular complexity index is 765. The number of carbonyl (C=O) groups is 4. The molecule has 1 saturated carbocycles. The number of phenols is 1. The maximum absolute atomic E-state index is 12.3. The minimum absolute atomic E-state index is 0.117. The highest BCUT2D eigenvalue weighted by atomic mass is 16.3. The number of nitrogens with two attached hydrogens (primary N) is 2. The van der Waals surface area contributed by atoms with E-state index in [2.05, 4.69) is 10.6 Å². The van der Waals surface area contributed by atoms with E-state index in [-0.39, 0.29) is 24.5 Å². The zero-order valence-electron chi connectivity index (χ0n) is 16.4. The van der Waals surface area contributed by atoms with Crippen LogP contribution in [0.1, 0.15) is 31.7 Å². The van der Waals surface area contributed by atoms with Gasteiger partial charge in [0.1, 0.15) is 11.8 Å². The number of hydrogen-bond donors (Lipinski definition) is 5. The first-order valence-electron chi connectivity index (χ1n) is 9.62. The maximum atomic E-state index is 12.3. The summed E-state index contributed by atoms with van der Waals surface area (Å²) in [6.07, 6.45) is 2.17. The van der Waals surface area contributed by atoms with Gasteiger partial charge in [-0.2, -0.15) is 0 Å². The van der Waals surface area contributed by atoms with Crippen molar-refractivity contribution in [1.82, 2.24) is 10.6 Å². The lowest BCUT2D eigenvalue weighted by molar-refractivity contribution is -0.132. The summed E-state index contributed by atoms with van der Waals surface area (Å²) in [5.41, 5.74) is 12.0. The zero-order valence-corrected chi connectivity index (χ0v) is 16.4. The molecule has 2 rings (SSSR count). The van der Waals surface area contributed by atoms with E-state index in [9.17, 15) is 24.3 Å². The lowest BCUT2D eigenvalue weighted by atomic mass is 9.91. The minimum Gasteiger partial charge on any atom is -0.508 e. The van der Waals surface area contributed by atoms with Crippen molar-refractivity contribution in [2.75, 3.05) is 6.54 Å². The summed E-state index contributed by atoms with van der Waals surface area (Å²) in [6.45, 7) is 1.28. The molecule has 29 heavy (non-hydrogen) atoms. The lowest BCUT2D eigenvalue weighted by Crippen LogP contribution is -2.51. The molecule has 1 aromatic rings. The van der Waals surface area contributed by atoms with Crippen molar-refractivity contribution in [3.8, 4) is 5.75 Å². The van der Waals surface area contributed by atoms with E-state index in [1.807, 2.05) is 0 Å². The van der Waals surface area contributed by atoms with Crippen molar-refractivity contribution in [3.05, 3.63) is 29.8 Å². The summed E-state index contributed by atoms with van der Waals surface area (Å²) in [5.74, 6) is -2.57. The highest BCUT2D eigenvalue weighted by Gasteiger charge is 2.36. The SMILES string of the molecule is C[C@H](NC(=O)[C@@H](N)Cc1ccc(O)cc1)C(=O)NCC(=O)C1CCC[C@H]1C(N)=O. The van der Waals surface area contributed by atoms with Gasteiger partial charge in [-0.3, -0.25) is 19.2 Å². The fraction of sp³-hybridized carbons (Fsp3) is 0.500. The molecule has 3 amide bonds. The number of ketones is 1. The predicted octanol–water partition coefficient (Wildman–Crippen LogP) is -0.646. The molecule has 1 aromatic carbocycles. The maximum Gasteiger partial charge on any atom is 0.242 e. The zero-order chi connectivity index (χ0) is 21.6. The van der Waals surface area contributed by atoms with Crippen LogP contribution >= 0.6 is 0 Å². The Morgan fingerprint density at radius 2 is 1.72 bits per heavy atom. The lowest BCUT2D eigenvalue weighted by Gasteiger charge is -2.19. The average molecular weight is 404 g/mol. The number of benzene rings is 1. The molecule has 1 aliphatic rings. The van der Waals surface area contributed by atoms with Gasteiger partial charge in [0.15, 0.2) is 5.78 Å². The number of aromatic hydroxyl groups is 1. The smallest absolute Gasteiger partial charge is 0.242 e. The second-order valence-corrected chi connectivity index (χ2v) is 7.44. The van der Waals surface area contributed by atoms with Gasteiger partial charge in [0.25, 0.3) is 0 Å². The molecule has 9 nitrogen and oxygen atoms in total. The molecular formula is C20H28N4O5. The highest BCUT2D eigenvalue weighted by molar-refractivity contribution is 5.94. The minimum atomic E-state index is -0.878. The monoisotopic (exact) mass is 404 g/mol. The Balaban J connectivity index is 1.78. The van der Waals surface area contributed by atoms with Crippen molar-refractivity contribution in [3.63, 3.8) is 0 Å². The van der Waals surface area contributed by atoms with Crippen LogP contribution in [0.5, 0.6) is 5.75 Å². The fourth-order valence-electron chi connectivity index (χ4n) is 3.51. The van der Waals surface area contributed by atoms with Gasteiger partial charge in [-0.15, -0.1) is 0 Å². The van der Waals surface area contributed by atoms with E-state index in [0.717, 1.165) is 12.0 Å². The van der Waals surface area contributed by atoms with Crippen LogP contribution in [-0.2, 0) is 25.6 Å². The van der Waals surface area contributed by atoms with Crippen molar-refractivity contribution in [2.45, 2.75) is 44.7 Å². The summed E-state index contributed by atoms with van der Waals surface area (Å²) in [4.78, 5) is 48.1. The molecule has 1 aliphatic carbocycles. The van der Waals surface area contributed by atoms with E-state index in [1.54, 1.807) is 12.1 Å². The van der Waals surface area contributed by atoms with Gasteiger partial charge in [-0.05, 0) is 43.9 Å². The van der Waals surface area contributed by atoms with Gasteiger partial charge >= 0.3 is 0 Å². The third-order valence-corrected chi connectivity index (χ3v) is 5.21. The van der Waals surface area contributed by atoms with Crippen LogP contribution in [-0.4, -0.2) is 47.2 Å². The normalized spacial score (nSPS) is 20.5. The number of phenolic OH excluding ortho intramolecular Hbond substituents is 1. The van der Waals surface area contributed by atoms with Crippen LogP contribution in [0.3, 0.4) is 0 Å². The van der Waals surface area contributed by atoms with Crippen molar-refractivity contribution >= 4 is 23.5 Å². The third-order valence-electron chi connectivity index (χ3n) is 5.21. The molecule has 4 atom stereocenters. The molecular weight excluding hydrogens is 376 g/mol. The number of hydrogen-bond acceptors (Lipinski definition) is 6. The second-order valence-electron chi connectivity index (χ2n) is 7.44. The van der Waals surface area contributed by atoms with Crippen LogP contribution in [0.4, 0.5) is 0 Å². The largest absolute Gasteiger partial charge is 0.508 e. The molecule has 0 heterocycles. The number of rotatable bonds is 9. The molecule has 0 aromatic heterocycles. The standard InChI is InChI=1S/C20H28N4O5/c1-11(24-20(29)16(21)9-12-5-7-13(25)8-6-12)19(28)23-10-17(26)14-3-2-4-15(14)18(22)27/h5-8,11,14-16,25H,2-4,9-10,21H2,1H3,(H2,22,27)(H,23,28)(H,24,29)/t11-,14?,15+,16-/m0/s1. The Labute approximate surface area is 169 Å². The van der Waals surface area contributed by atoms with Crippen LogP contribution in [0, 0.1) is 11.8 Å². The third kappa shape index (κ3) is 6.28.